The molecule has 4 rings (SSSR count). The molecule has 1 aliphatic heterocycles. The van der Waals surface area contributed by atoms with Crippen molar-refractivity contribution in [2.24, 2.45) is 0 Å². The van der Waals surface area contributed by atoms with Crippen LogP contribution in [0.15, 0.2) is 54.9 Å². The van der Waals surface area contributed by atoms with Crippen molar-refractivity contribution in [3.05, 3.63) is 71.0 Å². The number of aromatic nitrogens is 2. The average molecular weight is 502 g/mol. The first kappa shape index (κ1) is 25.3. The number of ether oxygens (including phenoxy) is 4. The summed E-state index contributed by atoms with van der Waals surface area (Å²) >= 11 is 5.94. The van der Waals surface area contributed by atoms with Crippen molar-refractivity contribution in [1.82, 2.24) is 14.7 Å². The highest BCUT2D eigenvalue weighted by atomic mass is 35.5. The highest BCUT2D eigenvalue weighted by Crippen LogP contribution is 2.29. The Morgan fingerprint density at radius 3 is 2.71 bits per heavy atom. The number of aliphatic hydroxyl groups is 1. The summed E-state index contributed by atoms with van der Waals surface area (Å²) in [5, 5.41) is 16.1. The number of rotatable bonds is 10. The van der Waals surface area contributed by atoms with E-state index in [0.717, 1.165) is 11.1 Å². The largest absolute Gasteiger partial charge is 0.493 e. The zero-order chi connectivity index (χ0) is 24.7. The summed E-state index contributed by atoms with van der Waals surface area (Å²) in [5.41, 5.74) is 1.03. The van der Waals surface area contributed by atoms with Crippen molar-refractivity contribution in [1.29, 1.82) is 0 Å². The van der Waals surface area contributed by atoms with Crippen LogP contribution in [0, 0.1) is 6.92 Å². The van der Waals surface area contributed by atoms with Crippen LogP contribution >= 0.6 is 11.6 Å². The zero-order valence-corrected chi connectivity index (χ0v) is 20.9. The van der Waals surface area contributed by atoms with E-state index in [1.807, 2.05) is 42.2 Å². The number of methoxy groups -OCH3 is 1. The SMILES string of the molecule is COc1ccc(CN2CCOC[C@](O)(COc3ccc(Cl)cc3)C2)cc1OCCn1cc(C)cn1. The van der Waals surface area contributed by atoms with Crippen LogP contribution in [0.1, 0.15) is 11.1 Å². The molecule has 1 aromatic heterocycles. The summed E-state index contributed by atoms with van der Waals surface area (Å²) in [7, 11) is 1.63. The van der Waals surface area contributed by atoms with Crippen molar-refractivity contribution in [3.8, 4) is 17.2 Å². The Kier molecular flexibility index (Phi) is 8.51. The van der Waals surface area contributed by atoms with Gasteiger partial charge in [-0.3, -0.25) is 9.58 Å². The third kappa shape index (κ3) is 7.35. The smallest absolute Gasteiger partial charge is 0.161 e. The first-order chi connectivity index (χ1) is 16.9. The van der Waals surface area contributed by atoms with Gasteiger partial charge in [-0.25, -0.2) is 0 Å². The fourth-order valence-corrected chi connectivity index (χ4v) is 4.12. The molecule has 1 aliphatic rings. The van der Waals surface area contributed by atoms with Gasteiger partial charge in [0.25, 0.3) is 0 Å². The number of hydrogen-bond donors (Lipinski definition) is 1. The summed E-state index contributed by atoms with van der Waals surface area (Å²) in [6.45, 7) is 5.74. The number of hydrogen-bond acceptors (Lipinski definition) is 7. The van der Waals surface area contributed by atoms with Gasteiger partial charge in [0.1, 0.15) is 24.6 Å². The molecule has 0 unspecified atom stereocenters. The van der Waals surface area contributed by atoms with Crippen LogP contribution in [-0.4, -0.2) is 72.0 Å². The second-order valence-electron chi connectivity index (χ2n) is 8.84. The normalized spacial score (nSPS) is 18.7. The summed E-state index contributed by atoms with van der Waals surface area (Å²) in [6, 6.07) is 13.0. The molecule has 8 nitrogen and oxygen atoms in total. The maximum Gasteiger partial charge on any atom is 0.161 e. The molecule has 0 radical (unpaired) electrons. The predicted octanol–water partition coefficient (Wildman–Crippen LogP) is 3.57. The highest BCUT2D eigenvalue weighted by Gasteiger charge is 2.33. The lowest BCUT2D eigenvalue weighted by Gasteiger charge is -2.30. The van der Waals surface area contributed by atoms with E-state index in [4.69, 9.17) is 30.5 Å². The van der Waals surface area contributed by atoms with E-state index in [9.17, 15) is 5.11 Å². The molecule has 1 saturated heterocycles. The first-order valence-electron chi connectivity index (χ1n) is 11.6. The maximum absolute atomic E-state index is 11.2. The summed E-state index contributed by atoms with van der Waals surface area (Å²) < 4.78 is 24.9. The van der Waals surface area contributed by atoms with Gasteiger partial charge in [0.05, 0.1) is 33.1 Å². The summed E-state index contributed by atoms with van der Waals surface area (Å²) in [4.78, 5) is 2.16. The monoisotopic (exact) mass is 501 g/mol. The van der Waals surface area contributed by atoms with E-state index in [1.165, 1.54) is 0 Å². The molecule has 0 amide bonds. The number of halogens is 1. The Hall–Kier alpha value is -2.78. The van der Waals surface area contributed by atoms with Crippen LogP contribution < -0.4 is 14.2 Å². The lowest BCUT2D eigenvalue weighted by molar-refractivity contribution is -0.0646. The molecule has 0 spiro atoms. The van der Waals surface area contributed by atoms with Crippen LogP contribution in [0.2, 0.25) is 5.02 Å². The van der Waals surface area contributed by atoms with Crippen LogP contribution in [0.25, 0.3) is 0 Å². The Morgan fingerprint density at radius 2 is 1.97 bits per heavy atom. The minimum Gasteiger partial charge on any atom is -0.493 e. The van der Waals surface area contributed by atoms with Crippen molar-refractivity contribution in [2.45, 2.75) is 25.6 Å². The van der Waals surface area contributed by atoms with Crippen molar-refractivity contribution < 1.29 is 24.1 Å². The molecule has 0 aliphatic carbocycles. The molecule has 9 heteroatoms. The van der Waals surface area contributed by atoms with Gasteiger partial charge >= 0.3 is 0 Å². The second kappa shape index (κ2) is 11.8. The van der Waals surface area contributed by atoms with Gasteiger partial charge in [0.15, 0.2) is 11.5 Å². The lowest BCUT2D eigenvalue weighted by Crippen LogP contribution is -2.48. The topological polar surface area (TPSA) is 78.2 Å². The molecule has 1 fully saturated rings. The van der Waals surface area contributed by atoms with Gasteiger partial charge in [0.2, 0.25) is 0 Å². The lowest BCUT2D eigenvalue weighted by atomic mass is 10.1. The van der Waals surface area contributed by atoms with E-state index in [1.54, 1.807) is 31.4 Å². The number of β-amino-alcohol motifs (C(OH)–C–C–N with tert-alkyl or cyclic N) is 1. The molecule has 35 heavy (non-hydrogen) atoms. The molecule has 1 atom stereocenters. The number of benzene rings is 2. The van der Waals surface area contributed by atoms with Crippen LogP contribution in [-0.2, 0) is 17.8 Å². The molecule has 0 saturated carbocycles. The summed E-state index contributed by atoms with van der Waals surface area (Å²) in [5.74, 6) is 2.01. The molecule has 1 N–H and O–H groups in total. The van der Waals surface area contributed by atoms with Gasteiger partial charge < -0.3 is 24.1 Å². The quantitative estimate of drug-likeness (QED) is 0.455. The standard InChI is InChI=1S/C26H32ClN3O5/c1-20-14-28-30(15-20)10-12-34-25-13-21(3-8-24(25)32-2)16-29-9-11-33-18-26(31,17-29)19-35-23-6-4-22(27)5-7-23/h3-8,13-15,31H,9-12,16-19H2,1-2H3/t26-/m0/s1. The van der Waals surface area contributed by atoms with Gasteiger partial charge in [-0.15, -0.1) is 0 Å². The van der Waals surface area contributed by atoms with Crippen molar-refractivity contribution >= 4 is 11.6 Å². The van der Waals surface area contributed by atoms with Gasteiger partial charge in [-0.05, 0) is 54.4 Å². The van der Waals surface area contributed by atoms with E-state index in [-0.39, 0.29) is 13.2 Å². The highest BCUT2D eigenvalue weighted by molar-refractivity contribution is 6.30. The van der Waals surface area contributed by atoms with Gasteiger partial charge in [-0.1, -0.05) is 17.7 Å². The molecule has 3 aromatic rings. The van der Waals surface area contributed by atoms with Crippen LogP contribution in [0.5, 0.6) is 17.2 Å². The van der Waals surface area contributed by atoms with E-state index >= 15 is 0 Å². The van der Waals surface area contributed by atoms with Gasteiger partial charge in [-0.2, -0.15) is 5.10 Å². The molecule has 2 heterocycles. The van der Waals surface area contributed by atoms with E-state index < -0.39 is 5.60 Å². The Bertz CT molecular complexity index is 1090. The third-order valence-corrected chi connectivity index (χ3v) is 5.99. The second-order valence-corrected chi connectivity index (χ2v) is 9.28. The Labute approximate surface area is 210 Å². The van der Waals surface area contributed by atoms with Gasteiger partial charge in [0, 0.05) is 30.9 Å². The maximum atomic E-state index is 11.2. The number of nitrogens with zero attached hydrogens (tertiary/aromatic N) is 3. The minimum absolute atomic E-state index is 0.120. The van der Waals surface area contributed by atoms with E-state index in [2.05, 4.69) is 10.00 Å². The Balaban J connectivity index is 1.37. The third-order valence-electron chi connectivity index (χ3n) is 5.74. The Morgan fingerprint density at radius 1 is 1.14 bits per heavy atom. The average Bonchev–Trinajstić information content (AvgIpc) is 3.17. The fourth-order valence-electron chi connectivity index (χ4n) is 4.00. The summed E-state index contributed by atoms with van der Waals surface area (Å²) in [6.07, 6.45) is 3.81. The van der Waals surface area contributed by atoms with Crippen molar-refractivity contribution in [2.75, 3.05) is 46.6 Å². The molecule has 188 valence electrons. The molecule has 0 bridgehead atoms. The molecule has 2 aromatic carbocycles. The number of aryl methyl sites for hydroxylation is 1. The van der Waals surface area contributed by atoms with Crippen molar-refractivity contribution in [3.63, 3.8) is 0 Å². The molecular weight excluding hydrogens is 470 g/mol. The van der Waals surface area contributed by atoms with Crippen LogP contribution in [0.4, 0.5) is 0 Å². The van der Waals surface area contributed by atoms with Crippen LogP contribution in [0.3, 0.4) is 0 Å². The minimum atomic E-state index is -1.14. The first-order valence-corrected chi connectivity index (χ1v) is 12.0. The zero-order valence-electron chi connectivity index (χ0n) is 20.2. The van der Waals surface area contributed by atoms with E-state index in [0.29, 0.717) is 61.7 Å². The molecular formula is C26H32ClN3O5. The predicted molar refractivity (Wildman–Crippen MR) is 133 cm³/mol. The fraction of sp³-hybridized carbons (Fsp3) is 0.423.